The summed E-state index contributed by atoms with van der Waals surface area (Å²) in [5.41, 5.74) is 2.13. The Morgan fingerprint density at radius 3 is 2.93 bits per heavy atom. The van der Waals surface area contributed by atoms with Gasteiger partial charge in [-0.1, -0.05) is 22.8 Å². The molecular formula is C19H22N6O2. The Bertz CT molecular complexity index is 887. The van der Waals surface area contributed by atoms with Crippen molar-refractivity contribution in [2.75, 3.05) is 24.5 Å². The lowest BCUT2D eigenvalue weighted by Crippen LogP contribution is -2.42. The van der Waals surface area contributed by atoms with Crippen LogP contribution >= 0.6 is 0 Å². The minimum atomic E-state index is -0.179. The highest BCUT2D eigenvalue weighted by molar-refractivity contribution is 5.91. The maximum atomic E-state index is 12.1. The third-order valence-electron chi connectivity index (χ3n) is 4.83. The fourth-order valence-electron chi connectivity index (χ4n) is 3.38. The van der Waals surface area contributed by atoms with E-state index in [1.807, 2.05) is 24.3 Å². The normalized spacial score (nSPS) is 17.1. The standard InChI is InChI=1S/C19H22N6O2/c1-14-6-8-16(9-7-14)25-19(21-22-23-25)24-10-2-4-15(13-24)12-20-18(26)17-5-3-11-27-17/h3,5-9,11,15H,2,4,10,12-13H2,1H3,(H,20,26). The minimum Gasteiger partial charge on any atom is -0.459 e. The van der Waals surface area contributed by atoms with Crippen molar-refractivity contribution in [3.05, 3.63) is 54.0 Å². The maximum absolute atomic E-state index is 12.1. The lowest BCUT2D eigenvalue weighted by molar-refractivity contribution is 0.0918. The number of anilines is 1. The second-order valence-corrected chi connectivity index (χ2v) is 6.87. The zero-order chi connectivity index (χ0) is 18.6. The van der Waals surface area contributed by atoms with Gasteiger partial charge in [0.2, 0.25) is 5.95 Å². The molecule has 27 heavy (non-hydrogen) atoms. The number of aryl methyl sites for hydroxylation is 1. The summed E-state index contributed by atoms with van der Waals surface area (Å²) in [6, 6.07) is 11.5. The number of nitrogens with one attached hydrogen (secondary N) is 1. The molecule has 1 N–H and O–H groups in total. The van der Waals surface area contributed by atoms with E-state index in [9.17, 15) is 4.79 Å². The van der Waals surface area contributed by atoms with Crippen molar-refractivity contribution in [3.8, 4) is 5.69 Å². The van der Waals surface area contributed by atoms with Gasteiger partial charge in [0, 0.05) is 19.6 Å². The van der Waals surface area contributed by atoms with Gasteiger partial charge < -0.3 is 14.6 Å². The van der Waals surface area contributed by atoms with E-state index >= 15 is 0 Å². The average molecular weight is 366 g/mol. The number of benzene rings is 1. The Kier molecular flexibility index (Phi) is 4.86. The summed E-state index contributed by atoms with van der Waals surface area (Å²) >= 11 is 0. The molecule has 0 bridgehead atoms. The molecule has 0 saturated carbocycles. The van der Waals surface area contributed by atoms with Crippen LogP contribution in [0.15, 0.2) is 47.1 Å². The number of nitrogens with zero attached hydrogens (tertiary/aromatic N) is 5. The van der Waals surface area contributed by atoms with E-state index in [1.165, 1.54) is 11.8 Å². The first-order chi connectivity index (χ1) is 13.2. The number of aromatic nitrogens is 4. The first-order valence-electron chi connectivity index (χ1n) is 9.13. The van der Waals surface area contributed by atoms with Crippen LogP contribution in [-0.2, 0) is 0 Å². The first kappa shape index (κ1) is 17.3. The van der Waals surface area contributed by atoms with Gasteiger partial charge in [-0.05, 0) is 60.4 Å². The molecule has 140 valence electrons. The Balaban J connectivity index is 1.42. The van der Waals surface area contributed by atoms with Crippen LogP contribution in [-0.4, -0.2) is 45.7 Å². The number of hydrogen-bond donors (Lipinski definition) is 1. The Labute approximate surface area is 157 Å². The summed E-state index contributed by atoms with van der Waals surface area (Å²) in [7, 11) is 0. The van der Waals surface area contributed by atoms with Crippen molar-refractivity contribution < 1.29 is 9.21 Å². The monoisotopic (exact) mass is 366 g/mol. The van der Waals surface area contributed by atoms with Crippen LogP contribution < -0.4 is 10.2 Å². The van der Waals surface area contributed by atoms with Crippen LogP contribution in [0.2, 0.25) is 0 Å². The number of carbonyl (C=O) groups excluding carboxylic acids is 1. The van der Waals surface area contributed by atoms with Crippen molar-refractivity contribution in [3.63, 3.8) is 0 Å². The van der Waals surface area contributed by atoms with Crippen LogP contribution in [0.5, 0.6) is 0 Å². The van der Waals surface area contributed by atoms with Crippen molar-refractivity contribution in [1.29, 1.82) is 0 Å². The fourth-order valence-corrected chi connectivity index (χ4v) is 3.38. The molecule has 1 aliphatic rings. The SMILES string of the molecule is Cc1ccc(-n2nnnc2N2CCCC(CNC(=O)c3ccco3)C2)cc1. The molecule has 1 saturated heterocycles. The van der Waals surface area contributed by atoms with E-state index in [1.54, 1.807) is 16.8 Å². The second kappa shape index (κ2) is 7.61. The van der Waals surface area contributed by atoms with Gasteiger partial charge in [-0.15, -0.1) is 0 Å². The highest BCUT2D eigenvalue weighted by Gasteiger charge is 2.25. The number of amides is 1. The molecule has 3 aromatic rings. The number of rotatable bonds is 5. The predicted molar refractivity (Wildman–Crippen MR) is 99.9 cm³/mol. The Hall–Kier alpha value is -3.16. The van der Waals surface area contributed by atoms with Gasteiger partial charge in [-0.25, -0.2) is 0 Å². The van der Waals surface area contributed by atoms with Gasteiger partial charge in [-0.3, -0.25) is 4.79 Å². The molecule has 8 nitrogen and oxygen atoms in total. The van der Waals surface area contributed by atoms with E-state index in [2.05, 4.69) is 32.7 Å². The number of furan rings is 1. The third kappa shape index (κ3) is 3.84. The summed E-state index contributed by atoms with van der Waals surface area (Å²) in [5.74, 6) is 1.23. The molecule has 8 heteroatoms. The van der Waals surface area contributed by atoms with E-state index < -0.39 is 0 Å². The molecule has 1 fully saturated rings. The summed E-state index contributed by atoms with van der Waals surface area (Å²) in [6.07, 6.45) is 3.59. The lowest BCUT2D eigenvalue weighted by atomic mass is 9.98. The summed E-state index contributed by atoms with van der Waals surface area (Å²) in [4.78, 5) is 14.3. The molecule has 1 unspecified atom stereocenters. The molecule has 1 atom stereocenters. The van der Waals surface area contributed by atoms with Gasteiger partial charge in [-0.2, -0.15) is 4.68 Å². The summed E-state index contributed by atoms with van der Waals surface area (Å²) < 4.78 is 6.90. The van der Waals surface area contributed by atoms with Gasteiger partial charge in [0.25, 0.3) is 5.91 Å². The topological polar surface area (TPSA) is 89.1 Å². The lowest BCUT2D eigenvalue weighted by Gasteiger charge is -2.32. The summed E-state index contributed by atoms with van der Waals surface area (Å²) in [5, 5.41) is 15.2. The molecule has 1 aromatic carbocycles. The summed E-state index contributed by atoms with van der Waals surface area (Å²) in [6.45, 7) is 4.35. The smallest absolute Gasteiger partial charge is 0.286 e. The average Bonchev–Trinajstić information content (AvgIpc) is 3.39. The van der Waals surface area contributed by atoms with E-state index in [0.29, 0.717) is 18.2 Å². The highest BCUT2D eigenvalue weighted by Crippen LogP contribution is 2.23. The molecule has 4 rings (SSSR count). The Morgan fingerprint density at radius 2 is 2.15 bits per heavy atom. The molecule has 0 aliphatic carbocycles. The van der Waals surface area contributed by atoms with E-state index in [0.717, 1.165) is 37.6 Å². The number of tetrazole rings is 1. The quantitative estimate of drug-likeness (QED) is 0.745. The number of hydrogen-bond acceptors (Lipinski definition) is 6. The van der Waals surface area contributed by atoms with Gasteiger partial charge >= 0.3 is 0 Å². The largest absolute Gasteiger partial charge is 0.459 e. The molecule has 1 aliphatic heterocycles. The fraction of sp³-hybridized carbons (Fsp3) is 0.368. The van der Waals surface area contributed by atoms with E-state index in [-0.39, 0.29) is 5.91 Å². The minimum absolute atomic E-state index is 0.179. The van der Waals surface area contributed by atoms with Gasteiger partial charge in [0.1, 0.15) is 0 Å². The van der Waals surface area contributed by atoms with Crippen molar-refractivity contribution in [1.82, 2.24) is 25.5 Å². The molecular weight excluding hydrogens is 344 g/mol. The molecule has 2 aromatic heterocycles. The number of carbonyl (C=O) groups is 1. The van der Waals surface area contributed by atoms with Gasteiger partial charge in [0.05, 0.1) is 12.0 Å². The maximum Gasteiger partial charge on any atom is 0.286 e. The molecule has 3 heterocycles. The zero-order valence-corrected chi connectivity index (χ0v) is 15.2. The zero-order valence-electron chi connectivity index (χ0n) is 15.2. The van der Waals surface area contributed by atoms with Crippen LogP contribution in [0.4, 0.5) is 5.95 Å². The van der Waals surface area contributed by atoms with Crippen LogP contribution in [0.3, 0.4) is 0 Å². The molecule has 0 radical (unpaired) electrons. The third-order valence-corrected chi connectivity index (χ3v) is 4.83. The first-order valence-corrected chi connectivity index (χ1v) is 9.13. The molecule has 1 amide bonds. The van der Waals surface area contributed by atoms with Crippen LogP contribution in [0.1, 0.15) is 29.0 Å². The van der Waals surface area contributed by atoms with Crippen molar-refractivity contribution in [2.24, 2.45) is 5.92 Å². The second-order valence-electron chi connectivity index (χ2n) is 6.87. The number of piperidine rings is 1. The van der Waals surface area contributed by atoms with Crippen LogP contribution in [0.25, 0.3) is 5.69 Å². The van der Waals surface area contributed by atoms with E-state index in [4.69, 9.17) is 4.42 Å². The predicted octanol–water partition coefficient (Wildman–Crippen LogP) is 2.21. The van der Waals surface area contributed by atoms with Crippen LogP contribution in [0, 0.1) is 12.8 Å². The van der Waals surface area contributed by atoms with Gasteiger partial charge in [0.15, 0.2) is 5.76 Å². The van der Waals surface area contributed by atoms with Crippen molar-refractivity contribution in [2.45, 2.75) is 19.8 Å². The van der Waals surface area contributed by atoms with Crippen molar-refractivity contribution >= 4 is 11.9 Å². The highest BCUT2D eigenvalue weighted by atomic mass is 16.3. The molecule has 0 spiro atoms. The Morgan fingerprint density at radius 1 is 1.30 bits per heavy atom.